The number of rotatable bonds is 10. The van der Waals surface area contributed by atoms with Gasteiger partial charge in [-0.2, -0.15) is 0 Å². The number of hydrogen-bond donors (Lipinski definition) is 1. The molecular weight excluding hydrogens is 428 g/mol. The summed E-state index contributed by atoms with van der Waals surface area (Å²) in [4.78, 5) is 25.1. The minimum Gasteiger partial charge on any atom is -0.372 e. The number of benzene rings is 2. The Morgan fingerprint density at radius 2 is 1.81 bits per heavy atom. The van der Waals surface area contributed by atoms with Crippen molar-refractivity contribution in [2.45, 2.75) is 25.4 Å². The molecule has 0 saturated heterocycles. The Balaban J connectivity index is 1.58. The highest BCUT2D eigenvalue weighted by Gasteiger charge is 2.16. The first-order valence-corrected chi connectivity index (χ1v) is 11.3. The van der Waals surface area contributed by atoms with Gasteiger partial charge in [0.2, 0.25) is 5.91 Å². The van der Waals surface area contributed by atoms with E-state index in [0.717, 1.165) is 24.5 Å². The Morgan fingerprint density at radius 1 is 1.12 bits per heavy atom. The summed E-state index contributed by atoms with van der Waals surface area (Å²) in [6, 6.07) is 14.3. The van der Waals surface area contributed by atoms with Crippen LogP contribution in [0, 0.1) is 10.1 Å². The first-order valence-electron chi connectivity index (χ1n) is 10.3. The van der Waals surface area contributed by atoms with Crippen LogP contribution in [-0.4, -0.2) is 44.4 Å². The summed E-state index contributed by atoms with van der Waals surface area (Å²) in [5.74, 6) is 0.934. The zero-order valence-corrected chi connectivity index (χ0v) is 19.1. The van der Waals surface area contributed by atoms with Gasteiger partial charge in [0.05, 0.1) is 4.92 Å². The summed E-state index contributed by atoms with van der Waals surface area (Å²) >= 11 is 1.41. The number of carbonyl (C=O) groups excluding carboxylic acids is 1. The molecule has 0 unspecified atom stereocenters. The molecule has 0 aliphatic heterocycles. The molecule has 0 radical (unpaired) electrons. The quantitative estimate of drug-likeness (QED) is 0.276. The van der Waals surface area contributed by atoms with Crippen molar-refractivity contribution in [3.05, 3.63) is 58.6 Å². The number of hydrogen-bond acceptors (Lipinski definition) is 7. The highest BCUT2D eigenvalue weighted by Crippen LogP contribution is 2.26. The molecule has 2 aromatic carbocycles. The predicted molar refractivity (Wildman–Crippen MR) is 127 cm³/mol. The zero-order valence-electron chi connectivity index (χ0n) is 18.3. The molecule has 168 valence electrons. The summed E-state index contributed by atoms with van der Waals surface area (Å²) in [6.45, 7) is 6.16. The van der Waals surface area contributed by atoms with Gasteiger partial charge < -0.3 is 14.8 Å². The van der Waals surface area contributed by atoms with Gasteiger partial charge in [0.1, 0.15) is 5.69 Å². The van der Waals surface area contributed by atoms with Crippen molar-refractivity contribution in [2.24, 2.45) is 7.05 Å². The number of amides is 1. The van der Waals surface area contributed by atoms with Crippen LogP contribution in [0.3, 0.4) is 0 Å². The second-order valence-electron chi connectivity index (χ2n) is 7.01. The van der Waals surface area contributed by atoms with Crippen molar-refractivity contribution in [3.8, 4) is 11.4 Å². The molecule has 10 heteroatoms. The van der Waals surface area contributed by atoms with Gasteiger partial charge in [0.25, 0.3) is 5.69 Å². The van der Waals surface area contributed by atoms with Gasteiger partial charge in [-0.15, -0.1) is 10.2 Å². The number of nitrogens with one attached hydrogen (secondary N) is 1. The van der Waals surface area contributed by atoms with Crippen LogP contribution in [0.2, 0.25) is 0 Å². The molecular formula is C22H26N6O3S. The minimum atomic E-state index is -0.514. The van der Waals surface area contributed by atoms with E-state index in [1.165, 1.54) is 29.6 Å². The van der Waals surface area contributed by atoms with E-state index in [0.29, 0.717) is 10.9 Å². The summed E-state index contributed by atoms with van der Waals surface area (Å²) in [7, 11) is 1.89. The van der Waals surface area contributed by atoms with Gasteiger partial charge in [0.15, 0.2) is 11.0 Å². The average Bonchev–Trinajstić information content (AvgIpc) is 3.15. The lowest BCUT2D eigenvalue weighted by Gasteiger charge is -2.21. The molecule has 9 nitrogen and oxygen atoms in total. The first kappa shape index (κ1) is 23.3. The Morgan fingerprint density at radius 3 is 2.47 bits per heavy atom. The number of para-hydroxylation sites is 2. The van der Waals surface area contributed by atoms with E-state index in [2.05, 4.69) is 46.4 Å². The number of nitro benzene ring substituents is 1. The fourth-order valence-corrected chi connectivity index (χ4v) is 4.14. The summed E-state index contributed by atoms with van der Waals surface area (Å²) in [5, 5.41) is 22.9. The van der Waals surface area contributed by atoms with Crippen LogP contribution in [0.1, 0.15) is 20.3 Å². The average molecular weight is 455 g/mol. The lowest BCUT2D eigenvalue weighted by Crippen LogP contribution is -2.21. The van der Waals surface area contributed by atoms with Crippen LogP contribution in [0.5, 0.6) is 0 Å². The number of carbonyl (C=O) groups is 1. The maximum Gasteiger partial charge on any atom is 0.292 e. The molecule has 3 aromatic rings. The van der Waals surface area contributed by atoms with E-state index in [1.807, 2.05) is 23.7 Å². The summed E-state index contributed by atoms with van der Waals surface area (Å²) in [6.07, 6.45) is 0.192. The summed E-state index contributed by atoms with van der Waals surface area (Å²) in [5.41, 5.74) is 2.21. The van der Waals surface area contributed by atoms with Gasteiger partial charge in [-0.1, -0.05) is 23.9 Å². The van der Waals surface area contributed by atoms with Crippen LogP contribution in [0.25, 0.3) is 11.4 Å². The first-order chi connectivity index (χ1) is 15.4. The molecule has 1 aromatic heterocycles. The Hall–Kier alpha value is -3.40. The fourth-order valence-electron chi connectivity index (χ4n) is 3.29. The van der Waals surface area contributed by atoms with E-state index in [4.69, 9.17) is 0 Å². The molecule has 0 atom stereocenters. The molecule has 1 N–H and O–H groups in total. The van der Waals surface area contributed by atoms with Crippen molar-refractivity contribution >= 4 is 34.7 Å². The molecule has 0 saturated carbocycles. The monoisotopic (exact) mass is 454 g/mol. The Kier molecular flexibility index (Phi) is 7.82. The predicted octanol–water partition coefficient (Wildman–Crippen LogP) is 4.36. The van der Waals surface area contributed by atoms with Gasteiger partial charge >= 0.3 is 0 Å². The lowest BCUT2D eigenvalue weighted by molar-refractivity contribution is -0.383. The second kappa shape index (κ2) is 10.8. The van der Waals surface area contributed by atoms with Gasteiger partial charge in [-0.3, -0.25) is 14.9 Å². The topological polar surface area (TPSA) is 106 Å². The van der Waals surface area contributed by atoms with Crippen LogP contribution in [0.15, 0.2) is 53.7 Å². The Labute approximate surface area is 191 Å². The third-order valence-corrected chi connectivity index (χ3v) is 6.05. The van der Waals surface area contributed by atoms with E-state index in [1.54, 1.807) is 12.1 Å². The number of thioether (sulfide) groups is 1. The SMILES string of the molecule is CCN(CC)c1ccc(-c2nnc(SCCC(=O)Nc3ccccc3[N+](=O)[O-])n2C)cc1. The van der Waals surface area contributed by atoms with Crippen molar-refractivity contribution in [1.82, 2.24) is 14.8 Å². The standard InChI is InChI=1S/C22H26N6O3S/c1-4-27(5-2)17-12-10-16(11-13-17)21-24-25-22(26(21)3)32-15-14-20(29)23-18-8-6-7-9-19(18)28(30)31/h6-13H,4-5,14-15H2,1-3H3,(H,23,29). The zero-order chi connectivity index (χ0) is 23.1. The van der Waals surface area contributed by atoms with Crippen LogP contribution in [-0.2, 0) is 11.8 Å². The van der Waals surface area contributed by atoms with E-state index in [9.17, 15) is 14.9 Å². The highest BCUT2D eigenvalue weighted by atomic mass is 32.2. The normalized spacial score (nSPS) is 10.7. The molecule has 1 amide bonds. The van der Waals surface area contributed by atoms with Crippen LogP contribution < -0.4 is 10.2 Å². The molecule has 0 spiro atoms. The number of aromatic nitrogens is 3. The molecule has 32 heavy (non-hydrogen) atoms. The van der Waals surface area contributed by atoms with E-state index in [-0.39, 0.29) is 23.7 Å². The third-order valence-electron chi connectivity index (χ3n) is 5.02. The second-order valence-corrected chi connectivity index (χ2v) is 8.07. The fraction of sp³-hybridized carbons (Fsp3) is 0.318. The molecule has 0 fully saturated rings. The van der Waals surface area contributed by atoms with Gasteiger partial charge in [-0.05, 0) is 44.2 Å². The molecule has 0 aliphatic carbocycles. The van der Waals surface area contributed by atoms with Crippen molar-refractivity contribution in [3.63, 3.8) is 0 Å². The van der Waals surface area contributed by atoms with E-state index < -0.39 is 4.92 Å². The number of nitro groups is 1. The smallest absolute Gasteiger partial charge is 0.292 e. The highest BCUT2D eigenvalue weighted by molar-refractivity contribution is 7.99. The molecule has 0 aliphatic rings. The van der Waals surface area contributed by atoms with Crippen molar-refractivity contribution in [1.29, 1.82) is 0 Å². The lowest BCUT2D eigenvalue weighted by atomic mass is 10.2. The number of anilines is 2. The van der Waals surface area contributed by atoms with Crippen molar-refractivity contribution in [2.75, 3.05) is 29.1 Å². The maximum absolute atomic E-state index is 12.2. The van der Waals surface area contributed by atoms with E-state index >= 15 is 0 Å². The molecule has 3 rings (SSSR count). The van der Waals surface area contributed by atoms with Crippen LogP contribution >= 0.6 is 11.8 Å². The Bertz CT molecular complexity index is 1080. The van der Waals surface area contributed by atoms with Crippen molar-refractivity contribution < 1.29 is 9.72 Å². The van der Waals surface area contributed by atoms with Gasteiger partial charge in [-0.25, -0.2) is 0 Å². The minimum absolute atomic E-state index is 0.126. The number of nitrogens with zero attached hydrogens (tertiary/aromatic N) is 5. The molecule has 1 heterocycles. The maximum atomic E-state index is 12.2. The third kappa shape index (κ3) is 5.44. The molecule has 0 bridgehead atoms. The largest absolute Gasteiger partial charge is 0.372 e. The van der Waals surface area contributed by atoms with Crippen LogP contribution in [0.4, 0.5) is 17.1 Å². The summed E-state index contributed by atoms with van der Waals surface area (Å²) < 4.78 is 1.90. The van der Waals surface area contributed by atoms with Gasteiger partial charge in [0, 0.05) is 49.6 Å².